The van der Waals surface area contributed by atoms with Crippen molar-refractivity contribution in [2.75, 3.05) is 18.0 Å². The molecular weight excluding hydrogens is 336 g/mol. The van der Waals surface area contributed by atoms with E-state index in [1.807, 2.05) is 0 Å². The highest BCUT2D eigenvalue weighted by molar-refractivity contribution is 5.90. The quantitative estimate of drug-likeness (QED) is 0.745. The lowest BCUT2D eigenvalue weighted by atomic mass is 9.81. The molecule has 0 fully saturated rings. The molecule has 4 rings (SSSR count). The summed E-state index contributed by atoms with van der Waals surface area (Å²) in [6, 6.07) is 10.6. The van der Waals surface area contributed by atoms with Crippen molar-refractivity contribution in [1.29, 1.82) is 0 Å². The highest BCUT2D eigenvalue weighted by atomic mass is 15.5. The van der Waals surface area contributed by atoms with Gasteiger partial charge in [0.15, 0.2) is 0 Å². The van der Waals surface area contributed by atoms with Crippen LogP contribution in [0.1, 0.15) is 38.4 Å². The van der Waals surface area contributed by atoms with Gasteiger partial charge in [-0.1, -0.05) is 37.3 Å². The van der Waals surface area contributed by atoms with Gasteiger partial charge in [0.1, 0.15) is 5.82 Å². The molecule has 1 unspecified atom stereocenters. The Bertz CT molecular complexity index is 900. The molecule has 0 amide bonds. The van der Waals surface area contributed by atoms with E-state index in [0.29, 0.717) is 11.7 Å². The zero-order valence-corrected chi connectivity index (χ0v) is 16.2. The molecule has 1 atom stereocenters. The number of hydrogen-bond acceptors (Lipinski definition) is 5. The van der Waals surface area contributed by atoms with Crippen LogP contribution in [0.2, 0.25) is 0 Å². The van der Waals surface area contributed by atoms with Gasteiger partial charge in [0.25, 0.3) is 0 Å². The first-order valence-corrected chi connectivity index (χ1v) is 9.82. The summed E-state index contributed by atoms with van der Waals surface area (Å²) < 4.78 is 0. The number of tetrazole rings is 1. The van der Waals surface area contributed by atoms with E-state index in [2.05, 4.69) is 76.6 Å². The molecule has 1 N–H and O–H groups in total. The average molecular weight is 362 g/mol. The van der Waals surface area contributed by atoms with Crippen LogP contribution in [-0.2, 0) is 12.8 Å². The molecule has 0 saturated heterocycles. The maximum absolute atomic E-state index is 5.14. The van der Waals surface area contributed by atoms with Gasteiger partial charge in [0.05, 0.1) is 5.56 Å². The Balaban J connectivity index is 2.07. The summed E-state index contributed by atoms with van der Waals surface area (Å²) in [5, 5.41) is 15.1. The molecule has 1 aromatic carbocycles. The topological polar surface area (TPSA) is 70.6 Å². The lowest BCUT2D eigenvalue weighted by Crippen LogP contribution is -2.26. The third-order valence-corrected chi connectivity index (χ3v) is 5.49. The van der Waals surface area contributed by atoms with E-state index in [-0.39, 0.29) is 0 Å². The van der Waals surface area contributed by atoms with Crippen molar-refractivity contribution in [1.82, 2.24) is 25.6 Å². The predicted octanol–water partition coefficient (Wildman–Crippen LogP) is 3.90. The Hall–Kier alpha value is -2.76. The van der Waals surface area contributed by atoms with E-state index in [0.717, 1.165) is 37.3 Å². The number of aromatic nitrogens is 5. The fourth-order valence-electron chi connectivity index (χ4n) is 4.07. The number of benzene rings is 1. The minimum Gasteiger partial charge on any atom is -0.357 e. The lowest BCUT2D eigenvalue weighted by molar-refractivity contribution is 0.495. The van der Waals surface area contributed by atoms with Crippen molar-refractivity contribution in [3.8, 4) is 22.5 Å². The highest BCUT2D eigenvalue weighted by Crippen LogP contribution is 2.43. The summed E-state index contributed by atoms with van der Waals surface area (Å²) >= 11 is 0. The summed E-state index contributed by atoms with van der Waals surface area (Å²) in [6.45, 7) is 8.42. The van der Waals surface area contributed by atoms with Crippen LogP contribution in [0.5, 0.6) is 0 Å². The first-order chi connectivity index (χ1) is 13.2. The van der Waals surface area contributed by atoms with Crippen LogP contribution in [0.25, 0.3) is 22.5 Å². The number of H-pyrrole nitrogens is 1. The molecule has 6 heteroatoms. The van der Waals surface area contributed by atoms with Gasteiger partial charge in [-0.2, -0.15) is 5.21 Å². The fourth-order valence-corrected chi connectivity index (χ4v) is 4.07. The van der Waals surface area contributed by atoms with Crippen molar-refractivity contribution < 1.29 is 0 Å². The van der Waals surface area contributed by atoms with Gasteiger partial charge in [0, 0.05) is 24.3 Å². The normalized spacial score (nSPS) is 16.2. The zero-order chi connectivity index (χ0) is 18.8. The standard InChI is InChI=1S/C21H26N6/c1-4-27(5-2)21-19(20-23-25-26-24-20)18(15-9-7-6-8-10-15)16-13-14(3)11-12-17(16)22-21/h6-10,14H,4-5,11-13H2,1-3H3,(H,23,24,25,26). The maximum Gasteiger partial charge on any atom is 0.209 e. The van der Waals surface area contributed by atoms with Crippen LogP contribution in [-0.4, -0.2) is 38.7 Å². The van der Waals surface area contributed by atoms with Gasteiger partial charge < -0.3 is 4.90 Å². The Morgan fingerprint density at radius 2 is 1.89 bits per heavy atom. The van der Waals surface area contributed by atoms with Crippen LogP contribution in [0, 0.1) is 5.92 Å². The summed E-state index contributed by atoms with van der Waals surface area (Å²) in [6.07, 6.45) is 3.25. The van der Waals surface area contributed by atoms with Crippen molar-refractivity contribution in [2.24, 2.45) is 5.92 Å². The van der Waals surface area contributed by atoms with E-state index in [9.17, 15) is 0 Å². The van der Waals surface area contributed by atoms with Crippen LogP contribution in [0.3, 0.4) is 0 Å². The Kier molecular flexibility index (Phi) is 4.88. The molecule has 0 radical (unpaired) electrons. The number of hydrogen-bond donors (Lipinski definition) is 1. The molecule has 1 aliphatic rings. The van der Waals surface area contributed by atoms with Crippen LogP contribution < -0.4 is 4.90 Å². The molecule has 2 aromatic heterocycles. The van der Waals surface area contributed by atoms with Crippen molar-refractivity contribution in [2.45, 2.75) is 40.0 Å². The number of nitrogens with zero attached hydrogens (tertiary/aromatic N) is 5. The number of anilines is 1. The van der Waals surface area contributed by atoms with E-state index >= 15 is 0 Å². The monoisotopic (exact) mass is 362 g/mol. The minimum atomic E-state index is 0.615. The molecule has 140 valence electrons. The molecule has 0 aliphatic heterocycles. The largest absolute Gasteiger partial charge is 0.357 e. The average Bonchev–Trinajstić information content (AvgIpc) is 3.23. The second-order valence-corrected chi connectivity index (χ2v) is 7.23. The second-order valence-electron chi connectivity index (χ2n) is 7.23. The number of aryl methyl sites for hydroxylation is 1. The number of pyridine rings is 1. The first-order valence-electron chi connectivity index (χ1n) is 9.82. The zero-order valence-electron chi connectivity index (χ0n) is 16.2. The molecule has 6 nitrogen and oxygen atoms in total. The summed E-state index contributed by atoms with van der Waals surface area (Å²) in [5.41, 5.74) is 5.97. The summed E-state index contributed by atoms with van der Waals surface area (Å²) in [4.78, 5) is 7.42. The molecule has 0 bridgehead atoms. The van der Waals surface area contributed by atoms with Crippen LogP contribution >= 0.6 is 0 Å². The van der Waals surface area contributed by atoms with Crippen molar-refractivity contribution >= 4 is 5.82 Å². The number of fused-ring (bicyclic) bond motifs is 1. The van der Waals surface area contributed by atoms with E-state index in [1.54, 1.807) is 0 Å². The third kappa shape index (κ3) is 3.20. The number of rotatable bonds is 5. The molecule has 2 heterocycles. The van der Waals surface area contributed by atoms with Crippen LogP contribution in [0.4, 0.5) is 5.82 Å². The third-order valence-electron chi connectivity index (χ3n) is 5.49. The molecule has 3 aromatic rings. The van der Waals surface area contributed by atoms with Gasteiger partial charge in [-0.25, -0.2) is 4.98 Å². The van der Waals surface area contributed by atoms with Gasteiger partial charge >= 0.3 is 0 Å². The SMILES string of the molecule is CCN(CC)c1nc2c(c(-c3ccccc3)c1-c1nn[nH]n1)CC(C)CC2. The van der Waals surface area contributed by atoms with E-state index < -0.39 is 0 Å². The van der Waals surface area contributed by atoms with Gasteiger partial charge in [-0.15, -0.1) is 10.2 Å². The van der Waals surface area contributed by atoms with Gasteiger partial charge in [0.2, 0.25) is 5.82 Å². The maximum atomic E-state index is 5.14. The minimum absolute atomic E-state index is 0.615. The molecule has 0 spiro atoms. The smallest absolute Gasteiger partial charge is 0.209 e. The second kappa shape index (κ2) is 7.47. The molecular formula is C21H26N6. The highest BCUT2D eigenvalue weighted by Gasteiger charge is 2.29. The van der Waals surface area contributed by atoms with Crippen molar-refractivity contribution in [3.63, 3.8) is 0 Å². The Labute approximate surface area is 160 Å². The van der Waals surface area contributed by atoms with Crippen molar-refractivity contribution in [3.05, 3.63) is 41.6 Å². The lowest BCUT2D eigenvalue weighted by Gasteiger charge is -2.30. The van der Waals surface area contributed by atoms with Gasteiger partial charge in [-0.05, 0) is 55.4 Å². The van der Waals surface area contributed by atoms with Gasteiger partial charge in [-0.3, -0.25) is 0 Å². The first kappa shape index (κ1) is 17.6. The molecule has 27 heavy (non-hydrogen) atoms. The number of aromatic amines is 1. The number of nitrogens with one attached hydrogen (secondary N) is 1. The Morgan fingerprint density at radius 1 is 1.11 bits per heavy atom. The summed E-state index contributed by atoms with van der Waals surface area (Å²) in [7, 11) is 0. The Morgan fingerprint density at radius 3 is 2.56 bits per heavy atom. The van der Waals surface area contributed by atoms with E-state index in [4.69, 9.17) is 4.98 Å². The van der Waals surface area contributed by atoms with Crippen LogP contribution in [0.15, 0.2) is 30.3 Å². The molecule has 1 aliphatic carbocycles. The predicted molar refractivity (Wildman–Crippen MR) is 108 cm³/mol. The van der Waals surface area contributed by atoms with E-state index in [1.165, 1.54) is 28.8 Å². The molecule has 0 saturated carbocycles. The fraction of sp³-hybridized carbons (Fsp3) is 0.429. The summed E-state index contributed by atoms with van der Waals surface area (Å²) in [5.74, 6) is 2.23.